The summed E-state index contributed by atoms with van der Waals surface area (Å²) in [4.78, 5) is 22.0. The fraction of sp³-hybridized carbons (Fsp3) is 0.500. The minimum Gasteiger partial charge on any atom is -0.493 e. The van der Waals surface area contributed by atoms with E-state index in [1.54, 1.807) is 18.2 Å². The van der Waals surface area contributed by atoms with Gasteiger partial charge in [0.05, 0.1) is 18.7 Å². The molecule has 0 fully saturated rings. The van der Waals surface area contributed by atoms with Crippen LogP contribution in [0.4, 0.5) is 0 Å². The number of para-hydroxylation sites is 1. The van der Waals surface area contributed by atoms with Crippen LogP contribution >= 0.6 is 0 Å². The van der Waals surface area contributed by atoms with Gasteiger partial charge in [-0.1, -0.05) is 31.4 Å². The van der Waals surface area contributed by atoms with Gasteiger partial charge in [-0.3, -0.25) is 9.59 Å². The third-order valence-corrected chi connectivity index (χ3v) is 3.17. The van der Waals surface area contributed by atoms with E-state index < -0.39 is 5.97 Å². The second kappa shape index (κ2) is 9.94. The third kappa shape index (κ3) is 6.90. The van der Waals surface area contributed by atoms with E-state index in [1.807, 2.05) is 6.07 Å². The van der Waals surface area contributed by atoms with Crippen molar-refractivity contribution in [1.82, 2.24) is 0 Å². The molecule has 1 aromatic rings. The summed E-state index contributed by atoms with van der Waals surface area (Å²) in [5, 5.41) is 8.51. The van der Waals surface area contributed by atoms with Crippen LogP contribution in [0.3, 0.4) is 0 Å². The average Bonchev–Trinajstić information content (AvgIpc) is 2.49. The van der Waals surface area contributed by atoms with Gasteiger partial charge in [0.2, 0.25) is 0 Å². The summed E-state index contributed by atoms with van der Waals surface area (Å²) in [5.41, 5.74) is 5.90. The Morgan fingerprint density at radius 1 is 1.05 bits per heavy atom. The summed E-state index contributed by atoms with van der Waals surface area (Å²) >= 11 is 0. The number of rotatable bonds is 11. The molecular formula is C16H23NO4. The van der Waals surface area contributed by atoms with Crippen molar-refractivity contribution in [3.05, 3.63) is 29.8 Å². The lowest BCUT2D eigenvalue weighted by molar-refractivity contribution is -0.137. The first-order valence-electron chi connectivity index (χ1n) is 7.32. The predicted octanol–water partition coefficient (Wildman–Crippen LogP) is 2.63. The molecule has 5 nitrogen and oxygen atoms in total. The molecule has 0 radical (unpaired) electrons. The maximum absolute atomic E-state index is 11.6. The van der Waals surface area contributed by atoms with Crippen molar-refractivity contribution < 1.29 is 19.4 Å². The van der Waals surface area contributed by atoms with Crippen LogP contribution in [0.2, 0.25) is 0 Å². The first kappa shape index (κ1) is 17.2. The molecule has 21 heavy (non-hydrogen) atoms. The number of Topliss-reactive ketones (excluding diaryl/α,β-unsaturated/α-hetero) is 1. The normalized spacial score (nSPS) is 10.3. The maximum Gasteiger partial charge on any atom is 0.303 e. The van der Waals surface area contributed by atoms with Crippen LogP contribution in [0.25, 0.3) is 0 Å². The molecule has 0 aliphatic heterocycles. The lowest BCUT2D eigenvalue weighted by Gasteiger charge is -2.10. The Balaban J connectivity index is 2.21. The number of carbonyl (C=O) groups excluding carboxylic acids is 1. The van der Waals surface area contributed by atoms with Gasteiger partial charge in [0, 0.05) is 6.42 Å². The lowest BCUT2D eigenvalue weighted by atomic mass is 10.1. The monoisotopic (exact) mass is 293 g/mol. The van der Waals surface area contributed by atoms with E-state index in [2.05, 4.69) is 0 Å². The van der Waals surface area contributed by atoms with Crippen LogP contribution in [-0.2, 0) is 4.79 Å². The molecule has 0 bridgehead atoms. The van der Waals surface area contributed by atoms with E-state index in [0.29, 0.717) is 17.9 Å². The zero-order chi connectivity index (χ0) is 15.5. The summed E-state index contributed by atoms with van der Waals surface area (Å²) in [6, 6.07) is 7.11. The van der Waals surface area contributed by atoms with Gasteiger partial charge in [-0.15, -0.1) is 0 Å². The molecule has 0 aromatic heterocycles. The number of hydrogen-bond acceptors (Lipinski definition) is 4. The fourth-order valence-corrected chi connectivity index (χ4v) is 2.02. The molecule has 0 aliphatic rings. The third-order valence-electron chi connectivity index (χ3n) is 3.17. The zero-order valence-corrected chi connectivity index (χ0v) is 12.2. The van der Waals surface area contributed by atoms with Crippen molar-refractivity contribution in [3.63, 3.8) is 0 Å². The zero-order valence-electron chi connectivity index (χ0n) is 12.2. The average molecular weight is 293 g/mol. The number of ether oxygens (including phenoxy) is 1. The highest BCUT2D eigenvalue weighted by atomic mass is 16.5. The van der Waals surface area contributed by atoms with Gasteiger partial charge in [-0.05, 0) is 25.0 Å². The van der Waals surface area contributed by atoms with Gasteiger partial charge < -0.3 is 15.6 Å². The highest BCUT2D eigenvalue weighted by molar-refractivity contribution is 5.99. The summed E-state index contributed by atoms with van der Waals surface area (Å²) in [6.07, 6.45) is 4.77. The maximum atomic E-state index is 11.6. The standard InChI is InChI=1S/C16H23NO4/c17-12-14(18)13-8-5-6-9-15(13)21-11-7-3-1-2-4-10-16(19)20/h5-6,8-9H,1-4,7,10-12,17H2,(H,19,20). The number of hydrogen-bond donors (Lipinski definition) is 2. The number of unbranched alkanes of at least 4 members (excludes halogenated alkanes) is 4. The van der Waals surface area contributed by atoms with Crippen LogP contribution < -0.4 is 10.5 Å². The van der Waals surface area contributed by atoms with Crippen LogP contribution in [-0.4, -0.2) is 30.0 Å². The number of ketones is 1. The van der Waals surface area contributed by atoms with Crippen molar-refractivity contribution in [1.29, 1.82) is 0 Å². The first-order valence-corrected chi connectivity index (χ1v) is 7.32. The molecule has 1 aromatic carbocycles. The Kier molecular flexibility index (Phi) is 8.12. The topological polar surface area (TPSA) is 89.6 Å². The number of carbonyl (C=O) groups is 2. The largest absolute Gasteiger partial charge is 0.493 e. The van der Waals surface area contributed by atoms with Gasteiger partial charge in [0.15, 0.2) is 5.78 Å². The lowest BCUT2D eigenvalue weighted by Crippen LogP contribution is -2.15. The van der Waals surface area contributed by atoms with Crippen molar-refractivity contribution in [2.24, 2.45) is 5.73 Å². The smallest absolute Gasteiger partial charge is 0.303 e. The van der Waals surface area contributed by atoms with Gasteiger partial charge in [0.25, 0.3) is 0 Å². The number of benzene rings is 1. The Labute approximate surface area is 125 Å². The summed E-state index contributed by atoms with van der Waals surface area (Å²) in [7, 11) is 0. The van der Waals surface area contributed by atoms with E-state index >= 15 is 0 Å². The highest BCUT2D eigenvalue weighted by Gasteiger charge is 2.09. The van der Waals surface area contributed by atoms with Crippen molar-refractivity contribution in [3.8, 4) is 5.75 Å². The fourth-order valence-electron chi connectivity index (χ4n) is 2.02. The first-order chi connectivity index (χ1) is 10.1. The number of nitrogens with two attached hydrogens (primary N) is 1. The Morgan fingerprint density at radius 2 is 1.71 bits per heavy atom. The van der Waals surface area contributed by atoms with Crippen molar-refractivity contribution in [2.45, 2.75) is 38.5 Å². The highest BCUT2D eigenvalue weighted by Crippen LogP contribution is 2.18. The Morgan fingerprint density at radius 3 is 2.43 bits per heavy atom. The molecule has 0 saturated carbocycles. The molecule has 0 atom stereocenters. The van der Waals surface area contributed by atoms with Crippen LogP contribution in [0.1, 0.15) is 48.9 Å². The second-order valence-electron chi connectivity index (χ2n) is 4.88. The molecule has 0 heterocycles. The van der Waals surface area contributed by atoms with Crippen LogP contribution in [0, 0.1) is 0 Å². The number of carboxylic acids is 1. The predicted molar refractivity (Wildman–Crippen MR) is 80.7 cm³/mol. The second-order valence-corrected chi connectivity index (χ2v) is 4.88. The van der Waals surface area contributed by atoms with Gasteiger partial charge in [0.1, 0.15) is 5.75 Å². The summed E-state index contributed by atoms with van der Waals surface area (Å²) in [5.74, 6) is -0.280. The van der Waals surface area contributed by atoms with Crippen molar-refractivity contribution in [2.75, 3.05) is 13.2 Å². The van der Waals surface area contributed by atoms with Gasteiger partial charge >= 0.3 is 5.97 Å². The molecule has 3 N–H and O–H groups in total. The number of aliphatic carboxylic acids is 1. The molecule has 0 unspecified atom stereocenters. The van der Waals surface area contributed by atoms with E-state index in [9.17, 15) is 9.59 Å². The van der Waals surface area contributed by atoms with E-state index in [1.165, 1.54) is 0 Å². The summed E-state index contributed by atoms with van der Waals surface area (Å²) in [6.45, 7) is 0.526. The minimum atomic E-state index is -0.737. The minimum absolute atomic E-state index is 0.0239. The summed E-state index contributed by atoms with van der Waals surface area (Å²) < 4.78 is 5.63. The van der Waals surface area contributed by atoms with E-state index in [4.69, 9.17) is 15.6 Å². The van der Waals surface area contributed by atoms with Crippen LogP contribution in [0.15, 0.2) is 24.3 Å². The Hall–Kier alpha value is -1.88. The molecule has 0 amide bonds. The Bertz CT molecular complexity index is 459. The van der Waals surface area contributed by atoms with E-state index in [0.717, 1.165) is 32.1 Å². The van der Waals surface area contributed by atoms with Gasteiger partial charge in [-0.2, -0.15) is 0 Å². The molecule has 0 spiro atoms. The quantitative estimate of drug-likeness (QED) is 0.483. The van der Waals surface area contributed by atoms with Crippen LogP contribution in [0.5, 0.6) is 5.75 Å². The molecule has 0 saturated heterocycles. The SMILES string of the molecule is NCC(=O)c1ccccc1OCCCCCCCC(=O)O. The molecular weight excluding hydrogens is 270 g/mol. The van der Waals surface area contributed by atoms with Crippen molar-refractivity contribution >= 4 is 11.8 Å². The molecule has 1 rings (SSSR count). The van der Waals surface area contributed by atoms with Gasteiger partial charge in [-0.25, -0.2) is 0 Å². The number of carboxylic acid groups (broad SMARTS) is 1. The molecule has 0 aliphatic carbocycles. The molecule has 5 heteroatoms. The molecule has 116 valence electrons. The van der Waals surface area contributed by atoms with E-state index in [-0.39, 0.29) is 18.7 Å².